The molecular weight excluding hydrogens is 638 g/mol. The fourth-order valence-electron chi connectivity index (χ4n) is 3.07. The average Bonchev–Trinajstić information content (AvgIpc) is 2.82. The molecule has 0 aromatic heterocycles. The SMILES string of the molecule is COc1cc(/C=N/NC(=O)CN(c2ccc(Br)cc2)S(C)(=O)=O)cc(Br)c1OCc1ccccc1Cl. The molecule has 0 heterocycles. The zero-order chi connectivity index (χ0) is 26.3. The van der Waals surface area contributed by atoms with E-state index in [4.69, 9.17) is 21.1 Å². The Hall–Kier alpha value is -2.60. The normalized spacial score (nSPS) is 11.4. The van der Waals surface area contributed by atoms with Gasteiger partial charge in [0.2, 0.25) is 10.0 Å². The fraction of sp³-hybridized carbons (Fsp3) is 0.167. The van der Waals surface area contributed by atoms with Gasteiger partial charge in [0.25, 0.3) is 5.91 Å². The first-order valence-electron chi connectivity index (χ1n) is 10.4. The van der Waals surface area contributed by atoms with Crippen LogP contribution in [0.1, 0.15) is 11.1 Å². The molecule has 0 aliphatic carbocycles. The number of carbonyl (C=O) groups excluding carboxylic acids is 1. The highest BCUT2D eigenvalue weighted by Crippen LogP contribution is 2.37. The minimum atomic E-state index is -3.69. The number of halogens is 3. The lowest BCUT2D eigenvalue weighted by atomic mass is 10.2. The molecule has 1 N–H and O–H groups in total. The third-order valence-corrected chi connectivity index (χ3v) is 7.41. The summed E-state index contributed by atoms with van der Waals surface area (Å²) in [5.74, 6) is 0.324. The van der Waals surface area contributed by atoms with E-state index in [1.807, 2.05) is 18.2 Å². The van der Waals surface area contributed by atoms with Gasteiger partial charge in [0.1, 0.15) is 13.2 Å². The Morgan fingerprint density at radius 3 is 2.47 bits per heavy atom. The Morgan fingerprint density at radius 1 is 1.14 bits per heavy atom. The standard InChI is InChI=1S/C24H22Br2ClN3O5S/c1-34-22-12-16(11-20(26)24(22)35-15-17-5-3-4-6-21(17)27)13-28-29-23(31)14-30(36(2,32)33)19-9-7-18(25)8-10-19/h3-13H,14-15H2,1-2H3,(H,29,31)/b28-13+. The second-order valence-corrected chi connectivity index (χ2v) is 11.5. The second kappa shape index (κ2) is 12.6. The van der Waals surface area contributed by atoms with Gasteiger partial charge in [-0.3, -0.25) is 9.10 Å². The van der Waals surface area contributed by atoms with E-state index in [1.54, 1.807) is 42.5 Å². The van der Waals surface area contributed by atoms with Gasteiger partial charge in [0.15, 0.2) is 11.5 Å². The van der Waals surface area contributed by atoms with Crippen LogP contribution in [0.15, 0.2) is 74.7 Å². The number of sulfonamides is 1. The van der Waals surface area contributed by atoms with E-state index in [9.17, 15) is 13.2 Å². The van der Waals surface area contributed by atoms with E-state index in [0.29, 0.717) is 32.2 Å². The molecule has 12 heteroatoms. The van der Waals surface area contributed by atoms with Crippen molar-refractivity contribution in [1.29, 1.82) is 0 Å². The molecule has 1 amide bonds. The van der Waals surface area contributed by atoms with Crippen LogP contribution in [0.5, 0.6) is 11.5 Å². The van der Waals surface area contributed by atoms with Gasteiger partial charge in [-0.1, -0.05) is 45.7 Å². The van der Waals surface area contributed by atoms with Crippen LogP contribution < -0.4 is 19.2 Å². The van der Waals surface area contributed by atoms with E-state index in [-0.39, 0.29) is 6.61 Å². The van der Waals surface area contributed by atoms with E-state index in [1.165, 1.54) is 13.3 Å². The molecule has 3 rings (SSSR count). The molecule has 0 aliphatic rings. The third-order valence-electron chi connectivity index (χ3n) is 4.79. The molecule has 3 aromatic carbocycles. The van der Waals surface area contributed by atoms with Gasteiger partial charge >= 0.3 is 0 Å². The number of anilines is 1. The zero-order valence-corrected chi connectivity index (χ0v) is 24.0. The highest BCUT2D eigenvalue weighted by atomic mass is 79.9. The van der Waals surface area contributed by atoms with Gasteiger partial charge in [0.05, 0.1) is 29.7 Å². The number of amides is 1. The zero-order valence-electron chi connectivity index (χ0n) is 19.2. The lowest BCUT2D eigenvalue weighted by molar-refractivity contribution is -0.119. The largest absolute Gasteiger partial charge is 0.493 e. The van der Waals surface area contributed by atoms with E-state index < -0.39 is 22.5 Å². The molecule has 190 valence electrons. The van der Waals surface area contributed by atoms with Crippen molar-refractivity contribution in [3.63, 3.8) is 0 Å². The first-order valence-corrected chi connectivity index (χ1v) is 14.2. The van der Waals surface area contributed by atoms with Gasteiger partial charge < -0.3 is 9.47 Å². The highest BCUT2D eigenvalue weighted by Gasteiger charge is 2.20. The number of methoxy groups -OCH3 is 1. The fourth-order valence-corrected chi connectivity index (χ4v) is 4.96. The van der Waals surface area contributed by atoms with E-state index in [2.05, 4.69) is 42.4 Å². The minimum absolute atomic E-state index is 0.243. The number of nitrogens with zero attached hydrogens (tertiary/aromatic N) is 2. The first-order chi connectivity index (χ1) is 17.1. The monoisotopic (exact) mass is 657 g/mol. The second-order valence-electron chi connectivity index (χ2n) is 7.45. The summed E-state index contributed by atoms with van der Waals surface area (Å²) in [6.45, 7) is -0.188. The Morgan fingerprint density at radius 2 is 1.83 bits per heavy atom. The van der Waals surface area contributed by atoms with Crippen molar-refractivity contribution in [2.75, 3.05) is 24.2 Å². The van der Waals surface area contributed by atoms with Gasteiger partial charge in [-0.25, -0.2) is 13.8 Å². The number of hydrogen-bond acceptors (Lipinski definition) is 6. The molecule has 0 bridgehead atoms. The molecule has 0 saturated carbocycles. The molecule has 8 nitrogen and oxygen atoms in total. The van der Waals surface area contributed by atoms with Crippen LogP contribution in [0, 0.1) is 0 Å². The quantitative estimate of drug-likeness (QED) is 0.233. The van der Waals surface area contributed by atoms with Crippen LogP contribution in [-0.4, -0.2) is 40.4 Å². The molecular formula is C24H22Br2ClN3O5S. The molecule has 3 aromatic rings. The number of hydrogen-bond donors (Lipinski definition) is 1. The van der Waals surface area contributed by atoms with Crippen molar-refractivity contribution in [3.8, 4) is 11.5 Å². The van der Waals surface area contributed by atoms with Crippen molar-refractivity contribution in [2.24, 2.45) is 5.10 Å². The minimum Gasteiger partial charge on any atom is -0.493 e. The lowest BCUT2D eigenvalue weighted by Gasteiger charge is -2.21. The van der Waals surface area contributed by atoms with Crippen molar-refractivity contribution >= 4 is 71.3 Å². The van der Waals surface area contributed by atoms with E-state index >= 15 is 0 Å². The van der Waals surface area contributed by atoms with Crippen LogP contribution in [0.4, 0.5) is 5.69 Å². The molecule has 36 heavy (non-hydrogen) atoms. The van der Waals surface area contributed by atoms with Crippen molar-refractivity contribution < 1.29 is 22.7 Å². The van der Waals surface area contributed by atoms with Crippen LogP contribution in [-0.2, 0) is 21.4 Å². The number of hydrazone groups is 1. The number of rotatable bonds is 10. The smallest absolute Gasteiger partial charge is 0.260 e. The third kappa shape index (κ3) is 7.70. The molecule has 0 atom stereocenters. The molecule has 0 aliphatic heterocycles. The van der Waals surface area contributed by atoms with Gasteiger partial charge in [-0.2, -0.15) is 5.10 Å². The Balaban J connectivity index is 1.68. The number of nitrogens with one attached hydrogen (secondary N) is 1. The van der Waals surface area contributed by atoms with Crippen LogP contribution in [0.2, 0.25) is 5.02 Å². The number of ether oxygens (including phenoxy) is 2. The summed E-state index contributed by atoms with van der Waals surface area (Å²) in [4.78, 5) is 12.4. The Kier molecular flexibility index (Phi) is 9.77. The van der Waals surface area contributed by atoms with Crippen molar-refractivity contribution in [1.82, 2.24) is 5.43 Å². The van der Waals surface area contributed by atoms with Gasteiger partial charge in [0, 0.05) is 15.1 Å². The van der Waals surface area contributed by atoms with Crippen molar-refractivity contribution in [3.05, 3.63) is 85.8 Å². The summed E-state index contributed by atoms with van der Waals surface area (Å²) in [5.41, 5.74) is 4.15. The molecule has 0 spiro atoms. The van der Waals surface area contributed by atoms with Crippen LogP contribution in [0.25, 0.3) is 0 Å². The summed E-state index contributed by atoms with van der Waals surface area (Å²) in [7, 11) is -2.18. The number of carbonyl (C=O) groups is 1. The maximum Gasteiger partial charge on any atom is 0.260 e. The predicted molar refractivity (Wildman–Crippen MR) is 149 cm³/mol. The Bertz CT molecular complexity index is 1370. The summed E-state index contributed by atoms with van der Waals surface area (Å²) >= 11 is 13.0. The summed E-state index contributed by atoms with van der Waals surface area (Å²) in [6, 6.07) is 17.4. The average molecular weight is 660 g/mol. The van der Waals surface area contributed by atoms with Crippen LogP contribution in [0.3, 0.4) is 0 Å². The topological polar surface area (TPSA) is 97.3 Å². The maximum absolute atomic E-state index is 12.4. The van der Waals surface area contributed by atoms with Crippen molar-refractivity contribution in [2.45, 2.75) is 6.61 Å². The molecule has 0 unspecified atom stereocenters. The lowest BCUT2D eigenvalue weighted by Crippen LogP contribution is -2.39. The van der Waals surface area contributed by atoms with Gasteiger partial charge in [-0.05, 0) is 64.0 Å². The summed E-state index contributed by atoms with van der Waals surface area (Å²) in [6.07, 6.45) is 2.44. The predicted octanol–water partition coefficient (Wildman–Crippen LogP) is 5.37. The van der Waals surface area contributed by atoms with E-state index in [0.717, 1.165) is 20.6 Å². The Labute approximate surface area is 231 Å². The summed E-state index contributed by atoms with van der Waals surface area (Å²) < 4.78 is 38.2. The molecule has 0 saturated heterocycles. The van der Waals surface area contributed by atoms with Crippen LogP contribution >= 0.6 is 43.5 Å². The van der Waals surface area contributed by atoms with Gasteiger partial charge in [-0.15, -0.1) is 0 Å². The summed E-state index contributed by atoms with van der Waals surface area (Å²) in [5, 5.41) is 4.55. The molecule has 0 fully saturated rings. The highest BCUT2D eigenvalue weighted by molar-refractivity contribution is 9.10. The number of benzene rings is 3. The first kappa shape index (κ1) is 28.0. The molecule has 0 radical (unpaired) electrons. The maximum atomic E-state index is 12.4.